The van der Waals surface area contributed by atoms with Crippen LogP contribution in [0.4, 0.5) is 0 Å². The Kier molecular flexibility index (Phi) is 2.62. The van der Waals surface area contributed by atoms with E-state index >= 15 is 0 Å². The summed E-state index contributed by atoms with van der Waals surface area (Å²) in [5, 5.41) is 8.49. The highest BCUT2D eigenvalue weighted by Crippen LogP contribution is 2.09. The number of nitrogens with zero attached hydrogens (tertiary/aromatic N) is 2. The summed E-state index contributed by atoms with van der Waals surface area (Å²) in [5.41, 5.74) is 1.57. The normalized spacial score (nSPS) is 10.7. The summed E-state index contributed by atoms with van der Waals surface area (Å²) in [4.78, 5) is 21.8. The van der Waals surface area contributed by atoms with Crippen LogP contribution in [0.25, 0.3) is 11.2 Å². The van der Waals surface area contributed by atoms with Crippen LogP contribution in [0.3, 0.4) is 0 Å². The molecule has 5 nitrogen and oxygen atoms in total. The second kappa shape index (κ2) is 4.08. The first-order valence-electron chi connectivity index (χ1n) is 4.77. The highest BCUT2D eigenvalue weighted by molar-refractivity contribution is 5.70. The van der Waals surface area contributed by atoms with Crippen molar-refractivity contribution in [3.63, 3.8) is 0 Å². The van der Waals surface area contributed by atoms with Gasteiger partial charge in [-0.1, -0.05) is 0 Å². The van der Waals surface area contributed by atoms with E-state index in [1.165, 1.54) is 0 Å². The molecule has 2 aromatic rings. The SMILES string of the molecule is O=C(O)CCCc1nc2ncccc2[nH]1. The molecule has 0 bridgehead atoms. The summed E-state index contributed by atoms with van der Waals surface area (Å²) < 4.78 is 0. The fourth-order valence-corrected chi connectivity index (χ4v) is 1.42. The first kappa shape index (κ1) is 9.64. The highest BCUT2D eigenvalue weighted by atomic mass is 16.4. The van der Waals surface area contributed by atoms with Gasteiger partial charge in [0.25, 0.3) is 0 Å². The lowest BCUT2D eigenvalue weighted by Gasteiger charge is -1.92. The van der Waals surface area contributed by atoms with Crippen molar-refractivity contribution >= 4 is 17.1 Å². The minimum atomic E-state index is -0.774. The molecule has 0 spiro atoms. The molecule has 0 aliphatic rings. The number of fused-ring (bicyclic) bond motifs is 1. The fourth-order valence-electron chi connectivity index (χ4n) is 1.42. The number of pyridine rings is 1. The van der Waals surface area contributed by atoms with Crippen molar-refractivity contribution < 1.29 is 9.90 Å². The maximum Gasteiger partial charge on any atom is 0.303 e. The number of hydrogen-bond donors (Lipinski definition) is 2. The molecule has 0 fully saturated rings. The third-order valence-corrected chi connectivity index (χ3v) is 2.11. The Balaban J connectivity index is 2.05. The van der Waals surface area contributed by atoms with Gasteiger partial charge in [0.15, 0.2) is 5.65 Å². The largest absolute Gasteiger partial charge is 0.481 e. The lowest BCUT2D eigenvalue weighted by Crippen LogP contribution is -1.96. The van der Waals surface area contributed by atoms with E-state index in [1.54, 1.807) is 6.20 Å². The molecule has 0 saturated heterocycles. The molecule has 0 aliphatic heterocycles. The number of rotatable bonds is 4. The van der Waals surface area contributed by atoms with Gasteiger partial charge in [-0.2, -0.15) is 0 Å². The summed E-state index contributed by atoms with van der Waals surface area (Å²) in [6, 6.07) is 3.73. The molecule has 0 saturated carbocycles. The van der Waals surface area contributed by atoms with Crippen molar-refractivity contribution in [2.45, 2.75) is 19.3 Å². The Labute approximate surface area is 86.2 Å². The number of aryl methyl sites for hydroxylation is 1. The number of aromatic nitrogens is 3. The third-order valence-electron chi connectivity index (χ3n) is 2.11. The molecule has 2 rings (SSSR count). The topological polar surface area (TPSA) is 78.9 Å². The molecule has 0 atom stereocenters. The molecule has 2 heterocycles. The van der Waals surface area contributed by atoms with Crippen LogP contribution in [0.2, 0.25) is 0 Å². The Morgan fingerprint density at radius 3 is 3.13 bits per heavy atom. The van der Waals surface area contributed by atoms with Gasteiger partial charge < -0.3 is 10.1 Å². The number of carboxylic acid groups (broad SMARTS) is 1. The molecule has 78 valence electrons. The van der Waals surface area contributed by atoms with E-state index in [1.807, 2.05) is 12.1 Å². The van der Waals surface area contributed by atoms with Gasteiger partial charge in [-0.3, -0.25) is 4.79 Å². The van der Waals surface area contributed by atoms with Gasteiger partial charge in [-0.05, 0) is 18.6 Å². The molecule has 5 heteroatoms. The first-order valence-corrected chi connectivity index (χ1v) is 4.77. The molecule has 0 aromatic carbocycles. The fraction of sp³-hybridized carbons (Fsp3) is 0.300. The summed E-state index contributed by atoms with van der Waals surface area (Å²) in [5.74, 6) is 0.0224. The number of carbonyl (C=O) groups is 1. The van der Waals surface area contributed by atoms with E-state index in [2.05, 4.69) is 15.0 Å². The number of hydrogen-bond acceptors (Lipinski definition) is 3. The Hall–Kier alpha value is -1.91. The second-order valence-corrected chi connectivity index (χ2v) is 3.31. The molecular formula is C10H11N3O2. The molecule has 2 N–H and O–H groups in total. The predicted molar refractivity (Wildman–Crippen MR) is 54.5 cm³/mol. The number of imidazole rings is 1. The van der Waals surface area contributed by atoms with Crippen molar-refractivity contribution in [2.75, 3.05) is 0 Å². The van der Waals surface area contributed by atoms with Gasteiger partial charge in [0.2, 0.25) is 0 Å². The maximum absolute atomic E-state index is 10.3. The predicted octanol–water partition coefficient (Wildman–Crippen LogP) is 1.37. The van der Waals surface area contributed by atoms with E-state index < -0.39 is 5.97 Å². The van der Waals surface area contributed by atoms with Crippen molar-refractivity contribution in [2.24, 2.45) is 0 Å². The minimum Gasteiger partial charge on any atom is -0.481 e. The quantitative estimate of drug-likeness (QED) is 0.790. The van der Waals surface area contributed by atoms with Crippen LogP contribution in [-0.4, -0.2) is 26.0 Å². The van der Waals surface area contributed by atoms with E-state index in [0.29, 0.717) is 18.5 Å². The van der Waals surface area contributed by atoms with Gasteiger partial charge in [-0.25, -0.2) is 9.97 Å². The summed E-state index contributed by atoms with van der Waals surface area (Å²) >= 11 is 0. The molecule has 0 radical (unpaired) electrons. The molecule has 2 aromatic heterocycles. The van der Waals surface area contributed by atoms with E-state index in [4.69, 9.17) is 5.11 Å². The lowest BCUT2D eigenvalue weighted by molar-refractivity contribution is -0.137. The summed E-state index contributed by atoms with van der Waals surface area (Å²) in [7, 11) is 0. The van der Waals surface area contributed by atoms with Gasteiger partial charge in [0.1, 0.15) is 5.82 Å². The van der Waals surface area contributed by atoms with E-state index in [-0.39, 0.29) is 6.42 Å². The average Bonchev–Trinajstić information content (AvgIpc) is 2.59. The lowest BCUT2D eigenvalue weighted by atomic mass is 10.2. The van der Waals surface area contributed by atoms with Crippen LogP contribution in [0.15, 0.2) is 18.3 Å². The van der Waals surface area contributed by atoms with Crippen LogP contribution >= 0.6 is 0 Å². The first-order chi connectivity index (χ1) is 7.25. The number of aromatic amines is 1. The average molecular weight is 205 g/mol. The minimum absolute atomic E-state index is 0.171. The van der Waals surface area contributed by atoms with Crippen molar-refractivity contribution in [3.05, 3.63) is 24.2 Å². The van der Waals surface area contributed by atoms with Gasteiger partial charge in [0.05, 0.1) is 5.52 Å². The molecule has 15 heavy (non-hydrogen) atoms. The van der Waals surface area contributed by atoms with Crippen LogP contribution in [-0.2, 0) is 11.2 Å². The van der Waals surface area contributed by atoms with Crippen LogP contribution in [0.5, 0.6) is 0 Å². The molecular weight excluding hydrogens is 194 g/mol. The Morgan fingerprint density at radius 2 is 2.40 bits per heavy atom. The summed E-state index contributed by atoms with van der Waals surface area (Å²) in [6.45, 7) is 0. The Bertz CT molecular complexity index is 445. The van der Waals surface area contributed by atoms with Crippen molar-refractivity contribution in [1.82, 2.24) is 15.0 Å². The zero-order valence-corrected chi connectivity index (χ0v) is 8.10. The Morgan fingerprint density at radius 1 is 1.53 bits per heavy atom. The molecule has 0 unspecified atom stereocenters. The summed E-state index contributed by atoms with van der Waals surface area (Å²) in [6.07, 6.45) is 3.09. The van der Waals surface area contributed by atoms with Gasteiger partial charge in [-0.15, -0.1) is 0 Å². The zero-order chi connectivity index (χ0) is 10.7. The molecule has 0 amide bonds. The monoisotopic (exact) mass is 205 g/mol. The van der Waals surface area contributed by atoms with Crippen molar-refractivity contribution in [1.29, 1.82) is 0 Å². The number of carboxylic acids is 1. The van der Waals surface area contributed by atoms with Crippen LogP contribution < -0.4 is 0 Å². The number of nitrogens with one attached hydrogen (secondary N) is 1. The maximum atomic E-state index is 10.3. The number of aliphatic carboxylic acids is 1. The van der Waals surface area contributed by atoms with Crippen LogP contribution in [0.1, 0.15) is 18.7 Å². The van der Waals surface area contributed by atoms with E-state index in [0.717, 1.165) is 11.3 Å². The van der Waals surface area contributed by atoms with Gasteiger partial charge >= 0.3 is 5.97 Å². The highest BCUT2D eigenvalue weighted by Gasteiger charge is 2.03. The van der Waals surface area contributed by atoms with Crippen molar-refractivity contribution in [3.8, 4) is 0 Å². The van der Waals surface area contributed by atoms with Gasteiger partial charge in [0, 0.05) is 19.0 Å². The second-order valence-electron chi connectivity index (χ2n) is 3.31. The van der Waals surface area contributed by atoms with E-state index in [9.17, 15) is 4.79 Å². The zero-order valence-electron chi connectivity index (χ0n) is 8.10. The standard InChI is InChI=1S/C10H11N3O2/c14-9(15)5-1-4-8-12-7-3-2-6-11-10(7)13-8/h2-3,6H,1,4-5H2,(H,14,15)(H,11,12,13). The van der Waals surface area contributed by atoms with Crippen LogP contribution in [0, 0.1) is 0 Å². The third kappa shape index (κ3) is 2.31. The number of H-pyrrole nitrogens is 1. The molecule has 0 aliphatic carbocycles. The smallest absolute Gasteiger partial charge is 0.303 e.